The first-order chi connectivity index (χ1) is 10.1. The van der Waals surface area contributed by atoms with Gasteiger partial charge in [-0.3, -0.25) is 4.79 Å². The Morgan fingerprint density at radius 2 is 1.71 bits per heavy atom. The van der Waals surface area contributed by atoms with Crippen LogP contribution in [-0.2, 0) is 6.42 Å². The van der Waals surface area contributed by atoms with E-state index >= 15 is 0 Å². The molecule has 0 aliphatic rings. The van der Waals surface area contributed by atoms with E-state index in [0.717, 1.165) is 16.3 Å². The lowest BCUT2D eigenvalue weighted by atomic mass is 10.00. The number of carbonyl (C=O) groups excluding carboxylic acids is 1. The molecule has 0 saturated heterocycles. The summed E-state index contributed by atoms with van der Waals surface area (Å²) in [5.74, 6) is -0.887. The zero-order valence-electron chi connectivity index (χ0n) is 11.1. The normalized spacial score (nSPS) is 10.8. The highest BCUT2D eigenvalue weighted by Crippen LogP contribution is 2.22. The molecule has 0 heterocycles. The summed E-state index contributed by atoms with van der Waals surface area (Å²) in [6.45, 7) is 0. The van der Waals surface area contributed by atoms with Gasteiger partial charge in [0.25, 0.3) is 0 Å². The maximum atomic E-state index is 13.8. The van der Waals surface area contributed by atoms with Gasteiger partial charge in [0, 0.05) is 6.42 Å². The molecule has 0 spiro atoms. The van der Waals surface area contributed by atoms with Crippen LogP contribution in [0.15, 0.2) is 60.7 Å². The summed E-state index contributed by atoms with van der Waals surface area (Å²) in [5, 5.41) is 2.32. The highest BCUT2D eigenvalue weighted by molar-refractivity contribution is 6.34. The zero-order chi connectivity index (χ0) is 14.8. The van der Waals surface area contributed by atoms with Crippen LogP contribution in [0.4, 0.5) is 4.39 Å². The summed E-state index contributed by atoms with van der Waals surface area (Å²) in [5.41, 5.74) is 0.811. The Labute approximate surface area is 127 Å². The van der Waals surface area contributed by atoms with Gasteiger partial charge in [0.05, 0.1) is 10.6 Å². The molecule has 0 fully saturated rings. The van der Waals surface area contributed by atoms with Gasteiger partial charge in [0.15, 0.2) is 5.78 Å². The van der Waals surface area contributed by atoms with Crippen molar-refractivity contribution in [1.29, 1.82) is 0 Å². The lowest BCUT2D eigenvalue weighted by Crippen LogP contribution is -2.07. The molecule has 0 unspecified atom stereocenters. The van der Waals surface area contributed by atoms with Gasteiger partial charge in [-0.25, -0.2) is 4.39 Å². The van der Waals surface area contributed by atoms with Crippen molar-refractivity contribution < 1.29 is 9.18 Å². The number of hydrogen-bond acceptors (Lipinski definition) is 1. The lowest BCUT2D eigenvalue weighted by molar-refractivity contribution is 0.0989. The van der Waals surface area contributed by atoms with Crippen molar-refractivity contribution in [3.8, 4) is 0 Å². The van der Waals surface area contributed by atoms with Gasteiger partial charge >= 0.3 is 0 Å². The Bertz CT molecular complexity index is 806. The first-order valence-electron chi connectivity index (χ1n) is 6.60. The monoisotopic (exact) mass is 298 g/mol. The average molecular weight is 299 g/mol. The van der Waals surface area contributed by atoms with Gasteiger partial charge in [0.1, 0.15) is 5.82 Å². The smallest absolute Gasteiger partial charge is 0.171 e. The average Bonchev–Trinajstić information content (AvgIpc) is 2.47. The van der Waals surface area contributed by atoms with E-state index < -0.39 is 5.82 Å². The van der Waals surface area contributed by atoms with Crippen LogP contribution >= 0.6 is 11.6 Å². The summed E-state index contributed by atoms with van der Waals surface area (Å²) in [4.78, 5) is 12.3. The molecular weight excluding hydrogens is 287 g/mol. The second kappa shape index (κ2) is 5.66. The van der Waals surface area contributed by atoms with E-state index in [-0.39, 0.29) is 22.8 Å². The van der Waals surface area contributed by atoms with Crippen LogP contribution in [-0.4, -0.2) is 5.78 Å². The van der Waals surface area contributed by atoms with Crippen LogP contribution < -0.4 is 0 Å². The van der Waals surface area contributed by atoms with Crippen molar-refractivity contribution in [2.24, 2.45) is 0 Å². The number of carbonyl (C=O) groups is 1. The Hall–Kier alpha value is -2.19. The molecule has 3 rings (SSSR count). The van der Waals surface area contributed by atoms with Crippen LogP contribution in [0.3, 0.4) is 0 Å². The highest BCUT2D eigenvalue weighted by atomic mass is 35.5. The lowest BCUT2D eigenvalue weighted by Gasteiger charge is -2.06. The number of benzene rings is 3. The molecule has 0 saturated carbocycles. The minimum Gasteiger partial charge on any atom is -0.294 e. The second-order valence-electron chi connectivity index (χ2n) is 4.88. The number of ketones is 1. The molecule has 3 heteroatoms. The van der Waals surface area contributed by atoms with Crippen molar-refractivity contribution in [3.05, 3.63) is 82.6 Å². The topological polar surface area (TPSA) is 17.1 Å². The number of rotatable bonds is 3. The maximum Gasteiger partial charge on any atom is 0.171 e. The number of hydrogen-bond donors (Lipinski definition) is 0. The molecule has 0 aliphatic heterocycles. The third-order valence-electron chi connectivity index (χ3n) is 3.42. The number of fused-ring (bicyclic) bond motifs is 1. The van der Waals surface area contributed by atoms with Crippen molar-refractivity contribution in [1.82, 2.24) is 0 Å². The highest BCUT2D eigenvalue weighted by Gasteiger charge is 2.16. The molecule has 0 N–H and O–H groups in total. The van der Waals surface area contributed by atoms with Crippen molar-refractivity contribution in [3.63, 3.8) is 0 Å². The summed E-state index contributed by atoms with van der Waals surface area (Å²) >= 11 is 5.92. The van der Waals surface area contributed by atoms with E-state index in [2.05, 4.69) is 0 Å². The van der Waals surface area contributed by atoms with Crippen LogP contribution in [0.2, 0.25) is 5.02 Å². The molecule has 0 amide bonds. The van der Waals surface area contributed by atoms with Crippen LogP contribution in [0.1, 0.15) is 15.9 Å². The fraction of sp³-hybridized carbons (Fsp3) is 0.0556. The van der Waals surface area contributed by atoms with E-state index in [4.69, 9.17) is 11.6 Å². The Morgan fingerprint density at radius 3 is 2.48 bits per heavy atom. The summed E-state index contributed by atoms with van der Waals surface area (Å²) in [7, 11) is 0. The van der Waals surface area contributed by atoms with E-state index in [1.807, 2.05) is 42.5 Å². The summed E-state index contributed by atoms with van der Waals surface area (Å²) < 4.78 is 13.8. The van der Waals surface area contributed by atoms with Crippen molar-refractivity contribution in [2.75, 3.05) is 0 Å². The Balaban J connectivity index is 1.93. The van der Waals surface area contributed by atoms with E-state index in [0.29, 0.717) is 0 Å². The number of Topliss-reactive ketones (excluding diaryl/α,β-unsaturated/α-hetero) is 1. The van der Waals surface area contributed by atoms with Gasteiger partial charge in [-0.15, -0.1) is 0 Å². The molecule has 0 atom stereocenters. The van der Waals surface area contributed by atoms with Crippen molar-refractivity contribution >= 4 is 28.2 Å². The van der Waals surface area contributed by atoms with Gasteiger partial charge in [-0.05, 0) is 28.5 Å². The SMILES string of the molecule is O=C(Cc1ccc2ccccc2c1)c1c(F)cccc1Cl. The molecule has 104 valence electrons. The van der Waals surface area contributed by atoms with E-state index in [1.165, 1.54) is 18.2 Å². The molecule has 0 aliphatic carbocycles. The largest absolute Gasteiger partial charge is 0.294 e. The van der Waals surface area contributed by atoms with Gasteiger partial charge < -0.3 is 0 Å². The third-order valence-corrected chi connectivity index (χ3v) is 3.74. The quantitative estimate of drug-likeness (QED) is 0.618. The second-order valence-corrected chi connectivity index (χ2v) is 5.29. The van der Waals surface area contributed by atoms with Crippen molar-refractivity contribution in [2.45, 2.75) is 6.42 Å². The van der Waals surface area contributed by atoms with Crippen LogP contribution in [0, 0.1) is 5.82 Å². The summed E-state index contributed by atoms with van der Waals surface area (Å²) in [6, 6.07) is 18.0. The van der Waals surface area contributed by atoms with E-state index in [1.54, 1.807) is 0 Å². The third kappa shape index (κ3) is 2.81. The van der Waals surface area contributed by atoms with Crippen LogP contribution in [0.5, 0.6) is 0 Å². The fourth-order valence-electron chi connectivity index (χ4n) is 2.39. The molecule has 21 heavy (non-hydrogen) atoms. The standard InChI is InChI=1S/C18H12ClFO/c19-15-6-3-7-16(20)18(15)17(21)11-12-8-9-13-4-1-2-5-14(13)10-12/h1-10H,11H2. The van der Waals surface area contributed by atoms with Crippen LogP contribution in [0.25, 0.3) is 10.8 Å². The molecule has 1 nitrogen and oxygen atoms in total. The Kier molecular flexibility index (Phi) is 3.72. The maximum absolute atomic E-state index is 13.8. The van der Waals surface area contributed by atoms with E-state index in [9.17, 15) is 9.18 Å². The molecule has 0 bridgehead atoms. The first kappa shape index (κ1) is 13.8. The Morgan fingerprint density at radius 1 is 0.952 bits per heavy atom. The number of halogens is 2. The molecular formula is C18H12ClFO. The van der Waals surface area contributed by atoms with Gasteiger partial charge in [-0.2, -0.15) is 0 Å². The molecule has 3 aromatic carbocycles. The van der Waals surface area contributed by atoms with Gasteiger partial charge in [0.2, 0.25) is 0 Å². The minimum absolute atomic E-state index is 0.0349. The predicted molar refractivity (Wildman–Crippen MR) is 83.4 cm³/mol. The first-order valence-corrected chi connectivity index (χ1v) is 6.98. The minimum atomic E-state index is -0.576. The van der Waals surface area contributed by atoms with Gasteiger partial charge in [-0.1, -0.05) is 60.1 Å². The molecule has 0 radical (unpaired) electrons. The predicted octanol–water partition coefficient (Wildman–Crippen LogP) is 5.06. The summed E-state index contributed by atoms with van der Waals surface area (Å²) in [6.07, 6.45) is 0.130. The molecule has 3 aromatic rings. The molecule has 0 aromatic heterocycles. The zero-order valence-corrected chi connectivity index (χ0v) is 11.9. The fourth-order valence-corrected chi connectivity index (χ4v) is 2.66.